The summed E-state index contributed by atoms with van der Waals surface area (Å²) in [4.78, 5) is 11.1. The van der Waals surface area contributed by atoms with Crippen LogP contribution in [0.3, 0.4) is 0 Å². The van der Waals surface area contributed by atoms with Crippen molar-refractivity contribution in [1.29, 1.82) is 0 Å². The zero-order valence-corrected chi connectivity index (χ0v) is 11.5. The van der Waals surface area contributed by atoms with Gasteiger partial charge in [0.05, 0.1) is 0 Å². The van der Waals surface area contributed by atoms with E-state index in [0.717, 1.165) is 25.3 Å². The molecule has 0 aromatic rings. The smallest absolute Gasteiger partial charge is 0.377 e. The monoisotopic (exact) mass is 246 g/mol. The highest BCUT2D eigenvalue weighted by Gasteiger charge is 2.38. The summed E-state index contributed by atoms with van der Waals surface area (Å²) in [5, 5.41) is 0. The summed E-state index contributed by atoms with van der Waals surface area (Å²) in [6.07, 6.45) is 4.48. The van der Waals surface area contributed by atoms with Gasteiger partial charge in [-0.25, -0.2) is 0 Å². The molecule has 0 spiro atoms. The van der Waals surface area contributed by atoms with Crippen molar-refractivity contribution in [3.05, 3.63) is 12.7 Å². The van der Waals surface area contributed by atoms with E-state index in [0.29, 0.717) is 0 Å². The number of carbonyl (C=O) groups is 1. The Balaban J connectivity index is 4.19. The van der Waals surface area contributed by atoms with Crippen molar-refractivity contribution in [2.24, 2.45) is 0 Å². The Hall–Kier alpha value is -0.493. The zero-order valence-electron chi connectivity index (χ0n) is 10.5. The fourth-order valence-corrected chi connectivity index (χ4v) is 3.31. The molecule has 0 heterocycles. The molecule has 0 bridgehead atoms. The number of unbranched alkanes of at least 4 members (excludes halogenated alkanes) is 2. The van der Waals surface area contributed by atoms with E-state index in [9.17, 15) is 4.79 Å². The second-order valence-corrected chi connectivity index (χ2v) is 6.48. The van der Waals surface area contributed by atoms with Gasteiger partial charge < -0.3 is 13.3 Å². The first-order valence-corrected chi connectivity index (χ1v) is 7.46. The van der Waals surface area contributed by atoms with Crippen LogP contribution in [0.4, 0.5) is 0 Å². The summed E-state index contributed by atoms with van der Waals surface area (Å²) in [6.45, 7) is 5.51. The van der Waals surface area contributed by atoms with Crippen molar-refractivity contribution in [2.45, 2.75) is 32.2 Å². The van der Waals surface area contributed by atoms with Crippen LogP contribution in [0.25, 0.3) is 0 Å². The molecule has 94 valence electrons. The van der Waals surface area contributed by atoms with E-state index in [-0.39, 0.29) is 12.4 Å². The lowest BCUT2D eigenvalue weighted by atomic mass is 10.3. The molecule has 0 saturated carbocycles. The number of carbonyl (C=O) groups excluding carboxylic acids is 1. The maximum atomic E-state index is 11.1. The molecular formula is C11H22O4Si. The molecular weight excluding hydrogens is 224 g/mol. The number of rotatable bonds is 10. The van der Waals surface area contributed by atoms with Crippen molar-refractivity contribution in [3.63, 3.8) is 0 Å². The van der Waals surface area contributed by atoms with E-state index in [1.807, 2.05) is 0 Å². The highest BCUT2D eigenvalue weighted by molar-refractivity contribution is 6.60. The topological polar surface area (TPSA) is 44.8 Å². The first kappa shape index (κ1) is 15.5. The number of hydrogen-bond donors (Lipinski definition) is 0. The normalized spacial score (nSPS) is 11.4. The third-order valence-electron chi connectivity index (χ3n) is 2.37. The van der Waals surface area contributed by atoms with Crippen LogP contribution in [0.5, 0.6) is 0 Å². The Morgan fingerprint density at radius 2 is 1.94 bits per heavy atom. The zero-order chi connectivity index (χ0) is 12.4. The largest absolute Gasteiger partial charge is 0.500 e. The second-order valence-electron chi connectivity index (χ2n) is 3.51. The molecule has 0 unspecified atom stereocenters. The molecule has 0 amide bonds. The predicted octanol–water partition coefficient (Wildman–Crippen LogP) is 2.18. The summed E-state index contributed by atoms with van der Waals surface area (Å²) < 4.78 is 16.2. The van der Waals surface area contributed by atoms with Crippen molar-refractivity contribution < 1.29 is 18.1 Å². The first-order valence-electron chi connectivity index (χ1n) is 5.53. The molecule has 0 radical (unpaired) electrons. The SMILES string of the molecule is C=CC(=O)CO[Si](CCCCC)(OC)OC. The summed E-state index contributed by atoms with van der Waals surface area (Å²) in [7, 11) is 0.511. The van der Waals surface area contributed by atoms with Crippen LogP contribution >= 0.6 is 0 Å². The second kappa shape index (κ2) is 8.64. The molecule has 0 aliphatic carbocycles. The Morgan fingerprint density at radius 1 is 1.31 bits per heavy atom. The Kier molecular flexibility index (Phi) is 8.37. The molecule has 16 heavy (non-hydrogen) atoms. The van der Waals surface area contributed by atoms with E-state index in [4.69, 9.17) is 13.3 Å². The van der Waals surface area contributed by atoms with E-state index in [2.05, 4.69) is 13.5 Å². The van der Waals surface area contributed by atoms with Crippen LogP contribution in [0, 0.1) is 0 Å². The van der Waals surface area contributed by atoms with Crippen LogP contribution in [0.1, 0.15) is 26.2 Å². The molecule has 5 heteroatoms. The van der Waals surface area contributed by atoms with Crippen LogP contribution in [0.2, 0.25) is 6.04 Å². The lowest BCUT2D eigenvalue weighted by molar-refractivity contribution is -0.117. The maximum absolute atomic E-state index is 11.1. The molecule has 0 rings (SSSR count). The minimum atomic E-state index is -2.63. The molecule has 0 fully saturated rings. The van der Waals surface area contributed by atoms with Gasteiger partial charge in [-0.1, -0.05) is 26.3 Å². The third-order valence-corrected chi connectivity index (χ3v) is 5.16. The minimum Gasteiger partial charge on any atom is -0.377 e. The molecule has 0 aromatic carbocycles. The molecule has 0 N–H and O–H groups in total. The summed E-state index contributed by atoms with van der Waals surface area (Å²) in [5.74, 6) is -0.151. The highest BCUT2D eigenvalue weighted by Crippen LogP contribution is 2.18. The first-order chi connectivity index (χ1) is 7.64. The van der Waals surface area contributed by atoms with E-state index in [1.54, 1.807) is 14.2 Å². The van der Waals surface area contributed by atoms with Gasteiger partial charge in [-0.05, 0) is 12.5 Å². The van der Waals surface area contributed by atoms with Gasteiger partial charge in [0.1, 0.15) is 6.61 Å². The van der Waals surface area contributed by atoms with Crippen LogP contribution in [0.15, 0.2) is 12.7 Å². The number of hydrogen-bond acceptors (Lipinski definition) is 4. The van der Waals surface area contributed by atoms with Gasteiger partial charge in [0, 0.05) is 20.3 Å². The van der Waals surface area contributed by atoms with Gasteiger partial charge in [0.2, 0.25) is 0 Å². The molecule has 0 atom stereocenters. The minimum absolute atomic E-state index is 0.0104. The average Bonchev–Trinajstić information content (AvgIpc) is 2.33. The summed E-state index contributed by atoms with van der Waals surface area (Å²) in [6, 6.07) is 0.748. The van der Waals surface area contributed by atoms with Gasteiger partial charge in [-0.2, -0.15) is 0 Å². The van der Waals surface area contributed by atoms with E-state index in [1.165, 1.54) is 6.08 Å². The third kappa shape index (κ3) is 5.55. The van der Waals surface area contributed by atoms with Crippen LogP contribution < -0.4 is 0 Å². The lowest BCUT2D eigenvalue weighted by Crippen LogP contribution is -2.44. The van der Waals surface area contributed by atoms with Gasteiger partial charge in [0.25, 0.3) is 0 Å². The maximum Gasteiger partial charge on any atom is 0.500 e. The summed E-state index contributed by atoms with van der Waals surface area (Å²) >= 11 is 0. The highest BCUT2D eigenvalue weighted by atomic mass is 28.4. The Morgan fingerprint density at radius 3 is 2.38 bits per heavy atom. The molecule has 4 nitrogen and oxygen atoms in total. The number of ketones is 1. The van der Waals surface area contributed by atoms with Crippen molar-refractivity contribution >= 4 is 14.6 Å². The molecule has 0 aliphatic heterocycles. The van der Waals surface area contributed by atoms with Crippen LogP contribution in [-0.4, -0.2) is 35.4 Å². The quantitative estimate of drug-likeness (QED) is 0.337. The van der Waals surface area contributed by atoms with Crippen molar-refractivity contribution in [3.8, 4) is 0 Å². The molecule has 0 aliphatic rings. The Labute approximate surface area is 99.0 Å². The fourth-order valence-electron chi connectivity index (χ4n) is 1.31. The van der Waals surface area contributed by atoms with Gasteiger partial charge in [-0.15, -0.1) is 0 Å². The Bertz CT molecular complexity index is 214. The summed E-state index contributed by atoms with van der Waals surface area (Å²) in [5.41, 5.74) is 0. The predicted molar refractivity (Wildman–Crippen MR) is 65.3 cm³/mol. The van der Waals surface area contributed by atoms with E-state index >= 15 is 0 Å². The van der Waals surface area contributed by atoms with Gasteiger partial charge in [-0.3, -0.25) is 4.79 Å². The van der Waals surface area contributed by atoms with Gasteiger partial charge >= 0.3 is 8.80 Å². The average molecular weight is 246 g/mol. The van der Waals surface area contributed by atoms with Crippen LogP contribution in [-0.2, 0) is 18.1 Å². The molecule has 0 aromatic heterocycles. The molecule has 0 saturated heterocycles. The standard InChI is InChI=1S/C11H22O4Si/c1-5-7-8-9-16(13-3,14-4)15-10-11(12)6-2/h6H,2,5,7-10H2,1,3-4H3. The lowest BCUT2D eigenvalue weighted by Gasteiger charge is -2.25. The van der Waals surface area contributed by atoms with E-state index < -0.39 is 8.80 Å². The fraction of sp³-hybridized carbons (Fsp3) is 0.727. The van der Waals surface area contributed by atoms with Crippen molar-refractivity contribution in [1.82, 2.24) is 0 Å². The van der Waals surface area contributed by atoms with Gasteiger partial charge in [0.15, 0.2) is 5.78 Å². The van der Waals surface area contributed by atoms with Crippen molar-refractivity contribution in [2.75, 3.05) is 20.8 Å².